The van der Waals surface area contributed by atoms with Crippen molar-refractivity contribution in [2.45, 2.75) is 19.3 Å². The third-order valence-electron chi connectivity index (χ3n) is 3.03. The van der Waals surface area contributed by atoms with Gasteiger partial charge >= 0.3 is 11.9 Å². The molecule has 94 valence electrons. The van der Waals surface area contributed by atoms with E-state index in [1.54, 1.807) is 0 Å². The number of carboxylic acid groups (broad SMARTS) is 1. The normalized spacial score (nSPS) is 12.9. The molecule has 0 aliphatic heterocycles. The molecule has 2 rings (SSSR count). The van der Waals surface area contributed by atoms with E-state index in [0.717, 1.165) is 18.4 Å². The Bertz CT molecular complexity index is 506. The van der Waals surface area contributed by atoms with Gasteiger partial charge in [-0.3, -0.25) is 4.79 Å². The van der Waals surface area contributed by atoms with Gasteiger partial charge in [0.2, 0.25) is 0 Å². The van der Waals surface area contributed by atoms with Crippen LogP contribution in [0.2, 0.25) is 0 Å². The topological polar surface area (TPSA) is 66.4 Å². The average Bonchev–Trinajstić information content (AvgIpc) is 2.38. The quantitative estimate of drug-likeness (QED) is 0.791. The number of aryl methyl sites for hydroxylation is 1. The molecule has 0 saturated heterocycles. The van der Waals surface area contributed by atoms with Crippen LogP contribution in [0.1, 0.15) is 23.1 Å². The summed E-state index contributed by atoms with van der Waals surface area (Å²) in [4.78, 5) is 21.2. The van der Waals surface area contributed by atoms with Crippen molar-refractivity contribution in [2.75, 3.05) is 6.54 Å². The van der Waals surface area contributed by atoms with Crippen molar-refractivity contribution in [2.24, 2.45) is 0 Å². The van der Waals surface area contributed by atoms with Crippen molar-refractivity contribution < 1.29 is 14.7 Å². The van der Waals surface area contributed by atoms with Crippen LogP contribution in [0.5, 0.6) is 0 Å². The summed E-state index contributed by atoms with van der Waals surface area (Å²) in [6, 6.07) is 6.13. The van der Waals surface area contributed by atoms with Crippen LogP contribution in [-0.4, -0.2) is 23.5 Å². The molecule has 1 aliphatic rings. The van der Waals surface area contributed by atoms with Gasteiger partial charge in [0, 0.05) is 6.54 Å². The molecule has 2 N–H and O–H groups in total. The molecule has 1 aromatic rings. The van der Waals surface area contributed by atoms with E-state index in [4.69, 9.17) is 5.11 Å². The Balaban J connectivity index is 2.01. The molecule has 0 spiro atoms. The van der Waals surface area contributed by atoms with Crippen molar-refractivity contribution in [1.82, 2.24) is 5.32 Å². The number of nitrogens with one attached hydrogen (secondary N) is 1. The molecule has 1 aliphatic carbocycles. The number of fused-ring (bicyclic) bond motifs is 1. The molecule has 0 unspecified atom stereocenters. The number of hydrogen-bond donors (Lipinski definition) is 2. The van der Waals surface area contributed by atoms with Crippen molar-refractivity contribution in [3.05, 3.63) is 41.0 Å². The number of rotatable bonds is 3. The van der Waals surface area contributed by atoms with E-state index < -0.39 is 11.9 Å². The van der Waals surface area contributed by atoms with Crippen molar-refractivity contribution in [1.29, 1.82) is 0 Å². The number of carbonyl (C=O) groups is 2. The van der Waals surface area contributed by atoms with E-state index >= 15 is 0 Å². The molecule has 18 heavy (non-hydrogen) atoms. The van der Waals surface area contributed by atoms with Crippen molar-refractivity contribution in [3.63, 3.8) is 0 Å². The van der Waals surface area contributed by atoms with Crippen LogP contribution in [0.15, 0.2) is 24.3 Å². The molecule has 0 saturated carbocycles. The summed E-state index contributed by atoms with van der Waals surface area (Å²) >= 11 is 0. The standard InChI is InChI=1S/C14H15NO3/c16-13(14(17)18)15-9-8-11-6-3-5-10-4-1-2-7-12(10)11/h2-3,5-7H,1,4,8-9H2,(H,15,16)(H,17,18). The number of hydrogen-bond acceptors (Lipinski definition) is 2. The molecule has 4 heteroatoms. The SMILES string of the molecule is O=C(O)C(=O)NCCc1cccc2c1C=CCC2. The van der Waals surface area contributed by atoms with Gasteiger partial charge in [0.25, 0.3) is 0 Å². The number of aliphatic carboxylic acids is 1. The van der Waals surface area contributed by atoms with Crippen LogP contribution in [0.3, 0.4) is 0 Å². The summed E-state index contributed by atoms with van der Waals surface area (Å²) in [6.45, 7) is 0.343. The van der Waals surface area contributed by atoms with Gasteiger partial charge in [0.1, 0.15) is 0 Å². The Morgan fingerprint density at radius 2 is 2.17 bits per heavy atom. The minimum Gasteiger partial charge on any atom is -0.474 e. The second-order valence-corrected chi connectivity index (χ2v) is 4.24. The summed E-state index contributed by atoms with van der Waals surface area (Å²) in [5, 5.41) is 10.8. The van der Waals surface area contributed by atoms with E-state index in [-0.39, 0.29) is 0 Å². The van der Waals surface area contributed by atoms with Gasteiger partial charge in [-0.2, -0.15) is 0 Å². The molecular formula is C14H15NO3. The van der Waals surface area contributed by atoms with Crippen molar-refractivity contribution >= 4 is 18.0 Å². The van der Waals surface area contributed by atoms with E-state index in [1.807, 2.05) is 12.1 Å². The van der Waals surface area contributed by atoms with Gasteiger partial charge in [-0.1, -0.05) is 30.4 Å². The van der Waals surface area contributed by atoms with Gasteiger partial charge < -0.3 is 10.4 Å². The van der Waals surface area contributed by atoms with E-state index in [0.29, 0.717) is 13.0 Å². The highest BCUT2D eigenvalue weighted by atomic mass is 16.4. The second-order valence-electron chi connectivity index (χ2n) is 4.24. The number of benzene rings is 1. The average molecular weight is 245 g/mol. The van der Waals surface area contributed by atoms with Crippen LogP contribution in [0.4, 0.5) is 0 Å². The molecule has 0 radical (unpaired) electrons. The molecule has 4 nitrogen and oxygen atoms in total. The minimum atomic E-state index is -1.44. The zero-order chi connectivity index (χ0) is 13.0. The summed E-state index contributed by atoms with van der Waals surface area (Å²) < 4.78 is 0. The maximum absolute atomic E-state index is 10.9. The largest absolute Gasteiger partial charge is 0.474 e. The molecule has 0 heterocycles. The zero-order valence-electron chi connectivity index (χ0n) is 9.98. The lowest BCUT2D eigenvalue weighted by atomic mass is 9.92. The Morgan fingerprint density at radius 3 is 2.94 bits per heavy atom. The molecule has 0 aromatic heterocycles. The smallest absolute Gasteiger partial charge is 0.394 e. The second kappa shape index (κ2) is 5.49. The van der Waals surface area contributed by atoms with Crippen LogP contribution in [-0.2, 0) is 22.4 Å². The summed E-state index contributed by atoms with van der Waals surface area (Å²) in [5.74, 6) is -2.39. The molecule has 1 amide bonds. The lowest BCUT2D eigenvalue weighted by molar-refractivity contribution is -0.150. The van der Waals surface area contributed by atoms with E-state index in [1.165, 1.54) is 11.1 Å². The predicted molar refractivity (Wildman–Crippen MR) is 68.1 cm³/mol. The van der Waals surface area contributed by atoms with Gasteiger partial charge in [-0.05, 0) is 36.0 Å². The third-order valence-corrected chi connectivity index (χ3v) is 3.03. The number of amides is 1. The molecule has 0 atom stereocenters. The third kappa shape index (κ3) is 2.77. The first kappa shape index (κ1) is 12.4. The zero-order valence-corrected chi connectivity index (χ0v) is 9.98. The fourth-order valence-electron chi connectivity index (χ4n) is 2.14. The minimum absolute atomic E-state index is 0.343. The highest BCUT2D eigenvalue weighted by Gasteiger charge is 2.11. The maximum atomic E-state index is 10.9. The lowest BCUT2D eigenvalue weighted by Crippen LogP contribution is -2.32. The van der Waals surface area contributed by atoms with Crippen LogP contribution >= 0.6 is 0 Å². The molecule has 1 aromatic carbocycles. The Hall–Kier alpha value is -2.10. The lowest BCUT2D eigenvalue weighted by Gasteiger charge is -2.14. The van der Waals surface area contributed by atoms with Crippen LogP contribution < -0.4 is 5.32 Å². The van der Waals surface area contributed by atoms with Gasteiger partial charge in [0.05, 0.1) is 0 Å². The first-order valence-electron chi connectivity index (χ1n) is 5.97. The number of carboxylic acids is 1. The summed E-state index contributed by atoms with van der Waals surface area (Å²) in [5.41, 5.74) is 3.68. The molecule has 0 fully saturated rings. The molecular weight excluding hydrogens is 230 g/mol. The van der Waals surface area contributed by atoms with Gasteiger partial charge in [-0.15, -0.1) is 0 Å². The fourth-order valence-corrected chi connectivity index (χ4v) is 2.14. The first-order valence-corrected chi connectivity index (χ1v) is 5.97. The fraction of sp³-hybridized carbons (Fsp3) is 0.286. The maximum Gasteiger partial charge on any atom is 0.394 e. The van der Waals surface area contributed by atoms with E-state index in [2.05, 4.69) is 23.5 Å². The summed E-state index contributed by atoms with van der Waals surface area (Å²) in [7, 11) is 0. The molecule has 0 bridgehead atoms. The van der Waals surface area contributed by atoms with Crippen LogP contribution in [0, 0.1) is 0 Å². The van der Waals surface area contributed by atoms with E-state index in [9.17, 15) is 9.59 Å². The van der Waals surface area contributed by atoms with Crippen LogP contribution in [0.25, 0.3) is 6.08 Å². The summed E-state index contributed by atoms with van der Waals surface area (Å²) in [6.07, 6.45) is 6.99. The Kier molecular flexibility index (Phi) is 3.77. The van der Waals surface area contributed by atoms with Gasteiger partial charge in [-0.25, -0.2) is 4.79 Å². The monoisotopic (exact) mass is 245 g/mol. The Labute approximate surface area is 105 Å². The van der Waals surface area contributed by atoms with Gasteiger partial charge in [0.15, 0.2) is 0 Å². The first-order chi connectivity index (χ1) is 8.68. The Morgan fingerprint density at radius 1 is 1.33 bits per heavy atom. The highest BCUT2D eigenvalue weighted by Crippen LogP contribution is 2.22. The predicted octanol–water partition coefficient (Wildman–Crippen LogP) is 1.39. The number of allylic oxidation sites excluding steroid dienone is 1. The van der Waals surface area contributed by atoms with Crippen molar-refractivity contribution in [3.8, 4) is 0 Å². The highest BCUT2D eigenvalue weighted by molar-refractivity contribution is 6.31. The number of carbonyl (C=O) groups excluding carboxylic acids is 1.